The molecule has 0 amide bonds. The predicted octanol–water partition coefficient (Wildman–Crippen LogP) is 3.25. The van der Waals surface area contributed by atoms with Crippen LogP contribution in [0.3, 0.4) is 0 Å². The number of benzene rings is 2. The Morgan fingerprint density at radius 2 is 1.81 bits per heavy atom. The summed E-state index contributed by atoms with van der Waals surface area (Å²) in [7, 11) is -3.40. The van der Waals surface area contributed by atoms with Crippen molar-refractivity contribution in [3.05, 3.63) is 59.1 Å². The fourth-order valence-electron chi connectivity index (χ4n) is 1.88. The van der Waals surface area contributed by atoms with E-state index < -0.39 is 10.0 Å². The highest BCUT2D eigenvalue weighted by atomic mass is 35.5. The molecule has 0 radical (unpaired) electrons. The van der Waals surface area contributed by atoms with Crippen LogP contribution in [-0.4, -0.2) is 15.0 Å². The summed E-state index contributed by atoms with van der Waals surface area (Å²) >= 11 is 5.93. The highest BCUT2D eigenvalue weighted by Gasteiger charge is 2.11. The van der Waals surface area contributed by atoms with Crippen LogP contribution < -0.4 is 10.0 Å². The van der Waals surface area contributed by atoms with Crippen LogP contribution in [0, 0.1) is 0 Å². The summed E-state index contributed by atoms with van der Waals surface area (Å²) in [5, 5.41) is 3.92. The Labute approximate surface area is 130 Å². The molecular weight excluding hydrogens is 308 g/mol. The Morgan fingerprint density at radius 3 is 2.43 bits per heavy atom. The van der Waals surface area contributed by atoms with Crippen LogP contribution in [0.5, 0.6) is 0 Å². The normalized spacial score (nSPS) is 11.3. The highest BCUT2D eigenvalue weighted by Crippen LogP contribution is 2.16. The van der Waals surface area contributed by atoms with Crippen molar-refractivity contribution < 1.29 is 8.42 Å². The second kappa shape index (κ2) is 6.93. The van der Waals surface area contributed by atoms with Gasteiger partial charge in [-0.15, -0.1) is 0 Å². The maximum Gasteiger partial charge on any atom is 0.240 e. The SMILES string of the molecule is CCNS(=O)(=O)c1ccc(NCc2cccc(Cl)c2)cc1. The smallest absolute Gasteiger partial charge is 0.240 e. The van der Waals surface area contributed by atoms with Gasteiger partial charge in [-0.05, 0) is 42.0 Å². The Kier molecular flexibility index (Phi) is 5.22. The minimum absolute atomic E-state index is 0.262. The van der Waals surface area contributed by atoms with E-state index in [2.05, 4.69) is 10.0 Å². The Bertz CT molecular complexity index is 700. The molecule has 0 saturated heterocycles. The molecule has 0 aromatic heterocycles. The molecule has 2 rings (SSSR count). The van der Waals surface area contributed by atoms with Gasteiger partial charge < -0.3 is 5.32 Å². The molecule has 2 aromatic rings. The average Bonchev–Trinajstić information content (AvgIpc) is 2.46. The van der Waals surface area contributed by atoms with E-state index in [1.54, 1.807) is 31.2 Å². The third-order valence-corrected chi connectivity index (χ3v) is 4.68. The van der Waals surface area contributed by atoms with E-state index in [9.17, 15) is 8.42 Å². The standard InChI is InChI=1S/C15H17ClN2O2S/c1-2-18-21(19,20)15-8-6-14(7-9-15)17-11-12-4-3-5-13(16)10-12/h3-10,17-18H,2,11H2,1H3. The number of hydrogen-bond donors (Lipinski definition) is 2. The van der Waals surface area contributed by atoms with Gasteiger partial charge in [0.2, 0.25) is 10.0 Å². The van der Waals surface area contributed by atoms with Crippen LogP contribution in [-0.2, 0) is 16.6 Å². The van der Waals surface area contributed by atoms with Crippen molar-refractivity contribution in [2.24, 2.45) is 0 Å². The van der Waals surface area contributed by atoms with Crippen LogP contribution >= 0.6 is 11.6 Å². The van der Waals surface area contributed by atoms with Gasteiger partial charge >= 0.3 is 0 Å². The van der Waals surface area contributed by atoms with Gasteiger partial charge in [0, 0.05) is 23.8 Å². The summed E-state index contributed by atoms with van der Waals surface area (Å²) in [5.74, 6) is 0. The lowest BCUT2D eigenvalue weighted by Crippen LogP contribution is -2.23. The van der Waals surface area contributed by atoms with Crippen molar-refractivity contribution in [2.45, 2.75) is 18.4 Å². The molecule has 0 spiro atoms. The minimum Gasteiger partial charge on any atom is -0.381 e. The molecule has 6 heteroatoms. The molecule has 0 saturated carbocycles. The monoisotopic (exact) mass is 324 g/mol. The molecule has 0 atom stereocenters. The average molecular weight is 325 g/mol. The van der Waals surface area contributed by atoms with E-state index in [1.165, 1.54) is 0 Å². The summed E-state index contributed by atoms with van der Waals surface area (Å²) in [4.78, 5) is 0.262. The zero-order valence-corrected chi connectivity index (χ0v) is 13.2. The lowest BCUT2D eigenvalue weighted by molar-refractivity contribution is 0.584. The first-order chi connectivity index (χ1) is 10.0. The first-order valence-corrected chi connectivity index (χ1v) is 8.45. The van der Waals surface area contributed by atoms with Crippen LogP contribution in [0.2, 0.25) is 5.02 Å². The molecule has 0 heterocycles. The van der Waals surface area contributed by atoms with Crippen LogP contribution in [0.4, 0.5) is 5.69 Å². The largest absolute Gasteiger partial charge is 0.381 e. The van der Waals surface area contributed by atoms with Gasteiger partial charge in [0.05, 0.1) is 4.90 Å². The van der Waals surface area contributed by atoms with Gasteiger partial charge in [-0.25, -0.2) is 13.1 Å². The molecule has 2 N–H and O–H groups in total. The van der Waals surface area contributed by atoms with Gasteiger partial charge in [0.15, 0.2) is 0 Å². The Hall–Kier alpha value is -1.56. The van der Waals surface area contributed by atoms with E-state index in [1.807, 2.05) is 24.3 Å². The maximum absolute atomic E-state index is 11.8. The van der Waals surface area contributed by atoms with E-state index in [0.29, 0.717) is 18.1 Å². The van der Waals surface area contributed by atoms with Crippen molar-refractivity contribution in [1.29, 1.82) is 0 Å². The van der Waals surface area contributed by atoms with Gasteiger partial charge in [-0.2, -0.15) is 0 Å². The first kappa shape index (κ1) is 15.8. The maximum atomic E-state index is 11.8. The van der Waals surface area contributed by atoms with E-state index in [4.69, 9.17) is 11.6 Å². The molecule has 0 unspecified atom stereocenters. The molecule has 0 aliphatic heterocycles. The van der Waals surface area contributed by atoms with Crippen LogP contribution in [0.1, 0.15) is 12.5 Å². The zero-order chi connectivity index (χ0) is 15.3. The van der Waals surface area contributed by atoms with Crippen molar-refractivity contribution in [2.75, 3.05) is 11.9 Å². The second-order valence-electron chi connectivity index (χ2n) is 4.51. The summed E-state index contributed by atoms with van der Waals surface area (Å²) in [6, 6.07) is 14.2. The third kappa shape index (κ3) is 4.46. The fraction of sp³-hybridized carbons (Fsp3) is 0.200. The number of sulfonamides is 1. The Morgan fingerprint density at radius 1 is 1.10 bits per heavy atom. The molecule has 0 aliphatic carbocycles. The van der Waals surface area contributed by atoms with E-state index in [0.717, 1.165) is 11.3 Å². The molecule has 112 valence electrons. The van der Waals surface area contributed by atoms with E-state index >= 15 is 0 Å². The second-order valence-corrected chi connectivity index (χ2v) is 6.71. The van der Waals surface area contributed by atoms with Crippen molar-refractivity contribution in [1.82, 2.24) is 4.72 Å². The third-order valence-electron chi connectivity index (χ3n) is 2.88. The van der Waals surface area contributed by atoms with Crippen LogP contribution in [0.25, 0.3) is 0 Å². The van der Waals surface area contributed by atoms with Gasteiger partial charge in [0.1, 0.15) is 0 Å². The summed E-state index contributed by atoms with van der Waals surface area (Å²) in [6.07, 6.45) is 0. The zero-order valence-electron chi connectivity index (χ0n) is 11.6. The lowest BCUT2D eigenvalue weighted by Gasteiger charge is -2.09. The highest BCUT2D eigenvalue weighted by molar-refractivity contribution is 7.89. The molecule has 0 fully saturated rings. The van der Waals surface area contributed by atoms with Gasteiger partial charge in [-0.1, -0.05) is 30.7 Å². The number of hydrogen-bond acceptors (Lipinski definition) is 3. The minimum atomic E-state index is -3.40. The molecule has 0 bridgehead atoms. The molecule has 4 nitrogen and oxygen atoms in total. The van der Waals surface area contributed by atoms with Crippen molar-refractivity contribution in [3.63, 3.8) is 0 Å². The lowest BCUT2D eigenvalue weighted by atomic mass is 10.2. The molecule has 21 heavy (non-hydrogen) atoms. The Balaban J connectivity index is 2.03. The summed E-state index contributed by atoms with van der Waals surface area (Å²) in [6.45, 7) is 2.75. The number of halogens is 1. The number of anilines is 1. The summed E-state index contributed by atoms with van der Waals surface area (Å²) < 4.78 is 26.1. The van der Waals surface area contributed by atoms with E-state index in [-0.39, 0.29) is 4.90 Å². The van der Waals surface area contributed by atoms with Crippen molar-refractivity contribution in [3.8, 4) is 0 Å². The topological polar surface area (TPSA) is 58.2 Å². The quantitative estimate of drug-likeness (QED) is 0.857. The van der Waals surface area contributed by atoms with Gasteiger partial charge in [-0.3, -0.25) is 0 Å². The van der Waals surface area contributed by atoms with Crippen LogP contribution in [0.15, 0.2) is 53.4 Å². The summed E-state index contributed by atoms with van der Waals surface area (Å²) in [5.41, 5.74) is 1.91. The number of rotatable bonds is 6. The molecule has 2 aromatic carbocycles. The number of nitrogens with one attached hydrogen (secondary N) is 2. The first-order valence-electron chi connectivity index (χ1n) is 6.59. The molecule has 0 aliphatic rings. The predicted molar refractivity (Wildman–Crippen MR) is 86.1 cm³/mol. The fourth-order valence-corrected chi connectivity index (χ4v) is 3.13. The van der Waals surface area contributed by atoms with Gasteiger partial charge in [0.25, 0.3) is 0 Å². The molecular formula is C15H17ClN2O2S. The van der Waals surface area contributed by atoms with Crippen molar-refractivity contribution >= 4 is 27.3 Å².